The van der Waals surface area contributed by atoms with Crippen LogP contribution in [-0.4, -0.2) is 53.7 Å². The summed E-state index contributed by atoms with van der Waals surface area (Å²) in [6, 6.07) is 16.2. The zero-order chi connectivity index (χ0) is 22.9. The highest BCUT2D eigenvalue weighted by atomic mass is 16.5. The normalized spacial score (nSPS) is 16.0. The molecule has 2 aliphatic carbocycles. The third kappa shape index (κ3) is 3.86. The van der Waals surface area contributed by atoms with Crippen LogP contribution in [0.3, 0.4) is 0 Å². The maximum absolute atomic E-state index is 12.5. The van der Waals surface area contributed by atoms with Crippen LogP contribution in [0.15, 0.2) is 60.2 Å². The van der Waals surface area contributed by atoms with E-state index in [1.165, 1.54) is 11.9 Å². The van der Waals surface area contributed by atoms with Crippen LogP contribution in [0.25, 0.3) is 11.1 Å². The number of amides is 2. The zero-order valence-corrected chi connectivity index (χ0v) is 18.1. The van der Waals surface area contributed by atoms with E-state index in [1.807, 2.05) is 24.3 Å². The molecule has 0 aromatic heterocycles. The lowest BCUT2D eigenvalue weighted by Crippen LogP contribution is -2.45. The van der Waals surface area contributed by atoms with E-state index >= 15 is 0 Å². The monoisotopic (exact) mass is 434 g/mol. The van der Waals surface area contributed by atoms with Crippen molar-refractivity contribution in [2.75, 3.05) is 20.2 Å². The Kier molecular flexibility index (Phi) is 5.74. The molecular formula is C25H26N2O5. The van der Waals surface area contributed by atoms with Gasteiger partial charge in [-0.15, -0.1) is 0 Å². The molecule has 0 radical (unpaired) electrons. The van der Waals surface area contributed by atoms with Gasteiger partial charge < -0.3 is 20.1 Å². The Morgan fingerprint density at radius 1 is 1.09 bits per heavy atom. The molecule has 0 saturated heterocycles. The molecule has 0 atom stereocenters. The number of nitrogens with zero attached hydrogens (tertiary/aromatic N) is 1. The van der Waals surface area contributed by atoms with Crippen LogP contribution >= 0.6 is 0 Å². The molecule has 166 valence electrons. The molecule has 2 amide bonds. The Bertz CT molecular complexity index is 1060. The minimum atomic E-state index is -1.09. The Morgan fingerprint density at radius 2 is 1.66 bits per heavy atom. The van der Waals surface area contributed by atoms with Crippen molar-refractivity contribution in [1.82, 2.24) is 10.2 Å². The lowest BCUT2D eigenvalue weighted by molar-refractivity contribution is -0.149. The smallest absolute Gasteiger partial charge is 0.407 e. The van der Waals surface area contributed by atoms with Crippen LogP contribution in [0.1, 0.15) is 36.8 Å². The fourth-order valence-corrected chi connectivity index (χ4v) is 4.29. The minimum Gasteiger partial charge on any atom is -0.479 e. The summed E-state index contributed by atoms with van der Waals surface area (Å²) < 4.78 is 5.47. The highest BCUT2D eigenvalue weighted by Gasteiger charge is 2.55. The van der Waals surface area contributed by atoms with E-state index in [0.29, 0.717) is 18.4 Å². The number of rotatable bonds is 7. The maximum Gasteiger partial charge on any atom is 0.407 e. The number of hydrogen-bond acceptors (Lipinski definition) is 4. The Balaban J connectivity index is 1.31. The van der Waals surface area contributed by atoms with Crippen molar-refractivity contribution in [2.45, 2.75) is 31.2 Å². The van der Waals surface area contributed by atoms with Gasteiger partial charge in [-0.3, -0.25) is 4.79 Å². The van der Waals surface area contributed by atoms with Crippen LogP contribution in [0, 0.1) is 0 Å². The number of ether oxygens (including phenoxy) is 1. The van der Waals surface area contributed by atoms with Gasteiger partial charge >= 0.3 is 12.1 Å². The number of benzene rings is 2. The quantitative estimate of drug-likeness (QED) is 0.650. The van der Waals surface area contributed by atoms with Crippen molar-refractivity contribution in [3.8, 4) is 11.1 Å². The first-order valence-electron chi connectivity index (χ1n) is 10.6. The fraction of sp³-hybridized carbons (Fsp3) is 0.320. The summed E-state index contributed by atoms with van der Waals surface area (Å²) in [5, 5.41) is 12.0. The average Bonchev–Trinajstić information content (AvgIpc) is 3.55. The third-order valence-electron chi connectivity index (χ3n) is 6.40. The number of fused-ring (bicyclic) bond motifs is 3. The van der Waals surface area contributed by atoms with Crippen molar-refractivity contribution in [1.29, 1.82) is 0 Å². The van der Waals surface area contributed by atoms with Crippen LogP contribution in [-0.2, 0) is 14.3 Å². The first-order chi connectivity index (χ1) is 15.3. The third-order valence-corrected chi connectivity index (χ3v) is 6.40. The van der Waals surface area contributed by atoms with E-state index in [1.54, 1.807) is 13.0 Å². The molecule has 7 heteroatoms. The van der Waals surface area contributed by atoms with E-state index in [-0.39, 0.29) is 25.0 Å². The van der Waals surface area contributed by atoms with Gasteiger partial charge in [0.2, 0.25) is 5.91 Å². The summed E-state index contributed by atoms with van der Waals surface area (Å²) in [7, 11) is 1.50. The van der Waals surface area contributed by atoms with Crippen molar-refractivity contribution < 1.29 is 24.2 Å². The molecule has 0 aliphatic heterocycles. The number of hydrogen-bond donors (Lipinski definition) is 2. The molecule has 4 rings (SSSR count). The Labute approximate surface area is 186 Å². The predicted octanol–water partition coefficient (Wildman–Crippen LogP) is 3.55. The molecular weight excluding hydrogens is 408 g/mol. The number of nitrogens with one attached hydrogen (secondary N) is 1. The molecule has 2 N–H and O–H groups in total. The van der Waals surface area contributed by atoms with Crippen molar-refractivity contribution in [2.24, 2.45) is 0 Å². The molecule has 7 nitrogen and oxygen atoms in total. The van der Waals surface area contributed by atoms with Gasteiger partial charge in [0.25, 0.3) is 0 Å². The molecule has 0 bridgehead atoms. The standard InChI is InChI=1S/C25H26N2O5/c1-16(22(28)27(2)25(12-13-25)23(29)30)11-14-26-24(31)32-15-21-19-9-5-3-7-17(19)18-8-4-6-10-20(18)21/h3-11,21H,12-15H2,1-2H3,(H,26,31)(H,29,30)/b16-11+. The van der Waals surface area contributed by atoms with E-state index in [4.69, 9.17) is 4.74 Å². The second-order valence-electron chi connectivity index (χ2n) is 8.29. The van der Waals surface area contributed by atoms with Crippen LogP contribution in [0.5, 0.6) is 0 Å². The van der Waals surface area contributed by atoms with Crippen molar-refractivity contribution >= 4 is 18.0 Å². The summed E-state index contributed by atoms with van der Waals surface area (Å²) in [6.07, 6.45) is 1.91. The fourth-order valence-electron chi connectivity index (χ4n) is 4.29. The summed E-state index contributed by atoms with van der Waals surface area (Å²) >= 11 is 0. The number of likely N-dealkylation sites (N-methyl/N-ethyl adjacent to an activating group) is 1. The van der Waals surface area contributed by atoms with Gasteiger partial charge in [0.1, 0.15) is 12.1 Å². The summed E-state index contributed by atoms with van der Waals surface area (Å²) in [5.41, 5.74) is 3.88. The lowest BCUT2D eigenvalue weighted by atomic mass is 9.98. The lowest BCUT2D eigenvalue weighted by Gasteiger charge is -2.24. The highest BCUT2D eigenvalue weighted by molar-refractivity contribution is 5.97. The van der Waals surface area contributed by atoms with Gasteiger partial charge in [0.05, 0.1) is 0 Å². The summed E-state index contributed by atoms with van der Waals surface area (Å²) in [4.78, 5) is 37.4. The van der Waals surface area contributed by atoms with E-state index < -0.39 is 17.6 Å². The van der Waals surface area contributed by atoms with Gasteiger partial charge in [-0.2, -0.15) is 0 Å². The Morgan fingerprint density at radius 3 is 2.19 bits per heavy atom. The van der Waals surface area contributed by atoms with Crippen LogP contribution in [0.2, 0.25) is 0 Å². The van der Waals surface area contributed by atoms with Crippen LogP contribution < -0.4 is 5.32 Å². The highest BCUT2D eigenvalue weighted by Crippen LogP contribution is 2.44. The molecule has 2 aromatic carbocycles. The second kappa shape index (κ2) is 8.49. The number of aliphatic carboxylic acids is 1. The maximum atomic E-state index is 12.5. The summed E-state index contributed by atoms with van der Waals surface area (Å²) in [5.74, 6) is -1.37. The average molecular weight is 434 g/mol. The SMILES string of the molecule is C/C(=C\CNC(=O)OCC1c2ccccc2-c2ccccc21)C(=O)N(C)C1(C(=O)O)CC1. The Hall–Kier alpha value is -3.61. The van der Waals surface area contributed by atoms with Crippen molar-refractivity contribution in [3.05, 3.63) is 71.3 Å². The molecule has 2 aliphatic rings. The molecule has 0 spiro atoms. The number of carboxylic acids is 1. The molecule has 0 heterocycles. The second-order valence-corrected chi connectivity index (χ2v) is 8.29. The minimum absolute atomic E-state index is 0.0218. The van der Waals surface area contributed by atoms with Gasteiger partial charge in [-0.25, -0.2) is 9.59 Å². The van der Waals surface area contributed by atoms with E-state index in [9.17, 15) is 19.5 Å². The number of carbonyl (C=O) groups excluding carboxylic acids is 2. The van der Waals surface area contributed by atoms with E-state index in [2.05, 4.69) is 29.6 Å². The van der Waals surface area contributed by atoms with Gasteiger partial charge in [0, 0.05) is 25.1 Å². The topological polar surface area (TPSA) is 95.9 Å². The van der Waals surface area contributed by atoms with Crippen LogP contribution in [0.4, 0.5) is 4.79 Å². The predicted molar refractivity (Wildman–Crippen MR) is 119 cm³/mol. The first-order valence-corrected chi connectivity index (χ1v) is 10.6. The molecule has 0 unspecified atom stereocenters. The van der Waals surface area contributed by atoms with E-state index in [0.717, 1.165) is 22.3 Å². The first kappa shape index (κ1) is 21.6. The molecule has 1 fully saturated rings. The molecule has 2 aromatic rings. The van der Waals surface area contributed by atoms with Gasteiger partial charge in [-0.1, -0.05) is 54.6 Å². The number of carboxylic acid groups (broad SMARTS) is 1. The number of alkyl carbamates (subject to hydrolysis) is 1. The molecule has 1 saturated carbocycles. The summed E-state index contributed by atoms with van der Waals surface area (Å²) in [6.45, 7) is 1.93. The van der Waals surface area contributed by atoms with Crippen molar-refractivity contribution in [3.63, 3.8) is 0 Å². The van der Waals surface area contributed by atoms with Gasteiger partial charge in [0.15, 0.2) is 0 Å². The zero-order valence-electron chi connectivity index (χ0n) is 18.1. The number of carbonyl (C=O) groups is 3. The molecule has 32 heavy (non-hydrogen) atoms. The van der Waals surface area contributed by atoms with Gasteiger partial charge in [-0.05, 0) is 42.0 Å². The largest absolute Gasteiger partial charge is 0.479 e.